The highest BCUT2D eigenvalue weighted by atomic mass is 35.5. The highest BCUT2D eigenvalue weighted by Crippen LogP contribution is 2.43. The second kappa shape index (κ2) is 13.1. The first kappa shape index (κ1) is 30.4. The van der Waals surface area contributed by atoms with Gasteiger partial charge in [0.1, 0.15) is 12.4 Å². The molecule has 0 unspecified atom stereocenters. The zero-order valence-corrected chi connectivity index (χ0v) is 25.2. The quantitative estimate of drug-likeness (QED) is 0.461. The van der Waals surface area contributed by atoms with E-state index < -0.39 is 23.9 Å². The van der Waals surface area contributed by atoms with Crippen molar-refractivity contribution >= 4 is 29.2 Å². The Bertz CT molecular complexity index is 1330. The van der Waals surface area contributed by atoms with Crippen LogP contribution in [0.3, 0.4) is 0 Å². The van der Waals surface area contributed by atoms with Crippen LogP contribution in [0.1, 0.15) is 55.2 Å². The van der Waals surface area contributed by atoms with Crippen molar-refractivity contribution in [1.29, 1.82) is 0 Å². The van der Waals surface area contributed by atoms with Crippen molar-refractivity contribution in [3.63, 3.8) is 0 Å². The molecule has 1 amide bonds. The van der Waals surface area contributed by atoms with Crippen LogP contribution in [0.5, 0.6) is 5.75 Å². The van der Waals surface area contributed by atoms with E-state index in [0.29, 0.717) is 35.8 Å². The van der Waals surface area contributed by atoms with Crippen molar-refractivity contribution in [1.82, 2.24) is 4.90 Å². The third kappa shape index (κ3) is 6.46. The van der Waals surface area contributed by atoms with Gasteiger partial charge in [-0.2, -0.15) is 0 Å². The molecule has 0 spiro atoms. The number of amides is 1. The van der Waals surface area contributed by atoms with Crippen LogP contribution in [-0.4, -0.2) is 66.9 Å². The van der Waals surface area contributed by atoms with Crippen molar-refractivity contribution in [3.8, 4) is 5.75 Å². The maximum Gasteiger partial charge on any atom is 0.340 e. The summed E-state index contributed by atoms with van der Waals surface area (Å²) in [5.74, 6) is -0.519. The summed E-state index contributed by atoms with van der Waals surface area (Å²) in [7, 11) is 3.38. The van der Waals surface area contributed by atoms with Gasteiger partial charge in [0, 0.05) is 38.8 Å². The van der Waals surface area contributed by atoms with Gasteiger partial charge in [0.2, 0.25) is 5.91 Å². The van der Waals surface area contributed by atoms with Gasteiger partial charge in [0.15, 0.2) is 5.60 Å². The summed E-state index contributed by atoms with van der Waals surface area (Å²) in [5.41, 5.74) is 0.731. The fourth-order valence-corrected chi connectivity index (χ4v) is 6.65. The molecule has 9 heteroatoms. The molecular weight excluding hydrogens is 556 g/mol. The number of likely N-dealkylation sites (N-methyl/N-ethyl adjacent to an activating group) is 1. The molecule has 0 radical (unpaired) electrons. The van der Waals surface area contributed by atoms with Crippen LogP contribution < -0.4 is 9.64 Å². The molecule has 42 heavy (non-hydrogen) atoms. The molecule has 1 saturated carbocycles. The van der Waals surface area contributed by atoms with E-state index in [1.54, 1.807) is 32.4 Å². The number of aryl methyl sites for hydroxylation is 1. The van der Waals surface area contributed by atoms with E-state index >= 15 is 0 Å². The number of rotatable bonds is 2. The van der Waals surface area contributed by atoms with Crippen molar-refractivity contribution < 1.29 is 29.3 Å². The molecule has 2 aromatic rings. The molecule has 2 aliphatic heterocycles. The molecule has 1 fully saturated rings. The average molecular weight is 597 g/mol. The average Bonchev–Trinajstić information content (AvgIpc) is 2.99. The van der Waals surface area contributed by atoms with Crippen LogP contribution in [0.15, 0.2) is 48.6 Å². The number of halogens is 1. The smallest absolute Gasteiger partial charge is 0.340 e. The lowest BCUT2D eigenvalue weighted by Gasteiger charge is -2.44. The Labute approximate surface area is 252 Å². The van der Waals surface area contributed by atoms with Gasteiger partial charge in [-0.3, -0.25) is 4.79 Å². The summed E-state index contributed by atoms with van der Waals surface area (Å²) >= 11 is 6.32. The zero-order valence-electron chi connectivity index (χ0n) is 24.4. The van der Waals surface area contributed by atoms with Gasteiger partial charge < -0.3 is 29.5 Å². The van der Waals surface area contributed by atoms with Crippen LogP contribution in [0.4, 0.5) is 5.69 Å². The molecule has 4 atom stereocenters. The number of fused-ring (bicyclic) bond motifs is 3. The first-order valence-corrected chi connectivity index (χ1v) is 15.2. The molecule has 2 bridgehead atoms. The predicted octanol–water partition coefficient (Wildman–Crippen LogP) is 5.18. The Kier molecular flexibility index (Phi) is 9.45. The molecule has 5 rings (SSSR count). The van der Waals surface area contributed by atoms with E-state index in [0.717, 1.165) is 68.4 Å². The normalized spacial score (nSPS) is 27.9. The van der Waals surface area contributed by atoms with Gasteiger partial charge in [-0.1, -0.05) is 35.9 Å². The minimum absolute atomic E-state index is 0.0799. The molecule has 1 aliphatic carbocycles. The minimum Gasteiger partial charge on any atom is -0.487 e. The van der Waals surface area contributed by atoms with Gasteiger partial charge in [-0.05, 0) is 91.3 Å². The Hall–Kier alpha value is -3.07. The highest BCUT2D eigenvalue weighted by Gasteiger charge is 2.43. The van der Waals surface area contributed by atoms with E-state index in [9.17, 15) is 19.8 Å². The second-order valence-corrected chi connectivity index (χ2v) is 12.3. The number of nitrogens with zero attached hydrogens (tertiary/aromatic N) is 2. The summed E-state index contributed by atoms with van der Waals surface area (Å²) in [4.78, 5) is 29.4. The van der Waals surface area contributed by atoms with Crippen LogP contribution in [0.25, 0.3) is 0 Å². The number of carboxylic acid groups (broad SMARTS) is 1. The molecule has 0 saturated heterocycles. The van der Waals surface area contributed by atoms with E-state index in [4.69, 9.17) is 21.1 Å². The van der Waals surface area contributed by atoms with Crippen molar-refractivity contribution in [3.05, 3.63) is 70.3 Å². The first-order valence-electron chi connectivity index (χ1n) is 14.9. The van der Waals surface area contributed by atoms with E-state index in [1.165, 1.54) is 4.90 Å². The molecule has 3 aliphatic rings. The van der Waals surface area contributed by atoms with Gasteiger partial charge in [0.05, 0.1) is 18.2 Å². The number of hydrogen-bond donors (Lipinski definition) is 2. The van der Waals surface area contributed by atoms with Gasteiger partial charge >= 0.3 is 5.97 Å². The number of carbonyl (C=O) groups is 2. The van der Waals surface area contributed by atoms with Crippen molar-refractivity contribution in [2.24, 2.45) is 11.8 Å². The SMILES string of the molecule is CO[C@H]1C/C=C\CN(C)C(=O)C[C@](O)(C(=O)O)c2ccc3c(c2)N(CCCCc2cc(Cl)ccc2CO3)C[C@@H]2CC[C@H]21. The number of hydrogen-bond acceptors (Lipinski definition) is 6. The summed E-state index contributed by atoms with van der Waals surface area (Å²) in [6, 6.07) is 10.9. The molecule has 226 valence electrons. The van der Waals surface area contributed by atoms with E-state index in [1.807, 2.05) is 30.4 Å². The fourth-order valence-electron chi connectivity index (χ4n) is 6.46. The molecule has 8 nitrogen and oxygen atoms in total. The standard InChI is InChI=1S/C33H41ClN2O6/c1-35-15-5-4-8-29(41-2)27-13-10-23(27)20-36-16-6-3-7-22-17-26(34)12-9-24(22)21-42-30-14-11-25(18-28(30)36)33(40,32(38)39)19-31(35)37/h4-5,9,11-12,14,17-18,23,27,29,40H,3,6-8,10,13,15-16,19-21H2,1-2H3,(H,38,39)/b5-4-/t23-,27+,29-,33+/m0/s1. The summed E-state index contributed by atoms with van der Waals surface area (Å²) in [6.07, 6.45) is 9.11. The van der Waals surface area contributed by atoms with Crippen LogP contribution >= 0.6 is 11.6 Å². The lowest BCUT2D eigenvalue weighted by molar-refractivity contribution is -0.164. The van der Waals surface area contributed by atoms with Crippen LogP contribution in [-0.2, 0) is 33.0 Å². The lowest BCUT2D eigenvalue weighted by Crippen LogP contribution is -2.45. The molecular formula is C33H41ClN2O6. The fraction of sp³-hybridized carbons (Fsp3) is 0.515. The Balaban J connectivity index is 1.58. The van der Waals surface area contributed by atoms with Crippen LogP contribution in [0.2, 0.25) is 5.02 Å². The lowest BCUT2D eigenvalue weighted by atomic mass is 9.69. The van der Waals surface area contributed by atoms with E-state index in [-0.39, 0.29) is 11.7 Å². The molecule has 0 aromatic heterocycles. The summed E-state index contributed by atoms with van der Waals surface area (Å²) in [6.45, 7) is 2.16. The number of carbonyl (C=O) groups excluding carboxylic acids is 1. The topological polar surface area (TPSA) is 99.5 Å². The molecule has 2 aromatic carbocycles. The molecule has 2 N–H and O–H groups in total. The van der Waals surface area contributed by atoms with Gasteiger partial charge in [-0.15, -0.1) is 0 Å². The predicted molar refractivity (Wildman–Crippen MR) is 162 cm³/mol. The zero-order chi connectivity index (χ0) is 29.9. The first-order chi connectivity index (χ1) is 20.2. The number of aliphatic carboxylic acids is 1. The largest absolute Gasteiger partial charge is 0.487 e. The highest BCUT2D eigenvalue weighted by molar-refractivity contribution is 6.30. The monoisotopic (exact) mass is 596 g/mol. The number of ether oxygens (including phenoxy) is 2. The molecule has 2 heterocycles. The number of aliphatic hydroxyl groups is 1. The van der Waals surface area contributed by atoms with Crippen molar-refractivity contribution in [2.75, 3.05) is 38.7 Å². The van der Waals surface area contributed by atoms with E-state index in [2.05, 4.69) is 4.90 Å². The summed E-state index contributed by atoms with van der Waals surface area (Å²) < 4.78 is 12.4. The van der Waals surface area contributed by atoms with Crippen LogP contribution in [0, 0.1) is 11.8 Å². The second-order valence-electron chi connectivity index (χ2n) is 11.9. The third-order valence-electron chi connectivity index (χ3n) is 9.27. The number of benzene rings is 2. The Morgan fingerprint density at radius 1 is 1.12 bits per heavy atom. The number of anilines is 1. The maximum absolute atomic E-state index is 13.1. The summed E-state index contributed by atoms with van der Waals surface area (Å²) in [5, 5.41) is 22.4. The Morgan fingerprint density at radius 2 is 1.95 bits per heavy atom. The third-order valence-corrected chi connectivity index (χ3v) is 9.50. The van der Waals surface area contributed by atoms with Gasteiger partial charge in [-0.25, -0.2) is 4.79 Å². The van der Waals surface area contributed by atoms with Crippen molar-refractivity contribution in [2.45, 2.75) is 63.3 Å². The van der Waals surface area contributed by atoms with Gasteiger partial charge in [0.25, 0.3) is 0 Å². The Morgan fingerprint density at radius 3 is 2.69 bits per heavy atom. The number of methoxy groups -OCH3 is 1. The minimum atomic E-state index is -2.39. The maximum atomic E-state index is 13.1. The number of carboxylic acids is 1.